The Morgan fingerprint density at radius 2 is 1.42 bits per heavy atom. The highest BCUT2D eigenvalue weighted by atomic mass is 16.3. The van der Waals surface area contributed by atoms with Crippen LogP contribution in [-0.2, 0) is 0 Å². The summed E-state index contributed by atoms with van der Waals surface area (Å²) in [4.78, 5) is 4.76. The van der Waals surface area contributed by atoms with Gasteiger partial charge in [0.1, 0.15) is 5.75 Å². The molecular formula is C22H19N3O. The van der Waals surface area contributed by atoms with Crippen LogP contribution in [0.3, 0.4) is 0 Å². The van der Waals surface area contributed by atoms with Gasteiger partial charge < -0.3 is 5.11 Å². The second-order valence-electron chi connectivity index (χ2n) is 6.34. The third-order valence-corrected chi connectivity index (χ3v) is 4.42. The molecule has 3 aromatic carbocycles. The number of para-hydroxylation sites is 1. The molecule has 0 saturated heterocycles. The van der Waals surface area contributed by atoms with Crippen LogP contribution in [0, 0.1) is 13.8 Å². The molecule has 128 valence electrons. The summed E-state index contributed by atoms with van der Waals surface area (Å²) in [5, 5.41) is 15.1. The minimum Gasteiger partial charge on any atom is -0.507 e. The summed E-state index contributed by atoms with van der Waals surface area (Å²) in [5.74, 6) is 1.44. The standard InChI is InChI=1S/C22H19N3O/c1-15-11-13-17(14-12-15)25-22(19-9-5-6-10-20(19)26)23-21(24-25)18-8-4-3-7-16(18)2/h3-14,26H,1-2H3. The Morgan fingerprint density at radius 3 is 2.12 bits per heavy atom. The molecular weight excluding hydrogens is 322 g/mol. The van der Waals surface area contributed by atoms with E-state index in [9.17, 15) is 5.11 Å². The lowest BCUT2D eigenvalue weighted by Gasteiger charge is -2.07. The van der Waals surface area contributed by atoms with Gasteiger partial charge in [0.15, 0.2) is 11.6 Å². The molecule has 0 aliphatic heterocycles. The number of rotatable bonds is 3. The lowest BCUT2D eigenvalue weighted by molar-refractivity contribution is 0.476. The van der Waals surface area contributed by atoms with Gasteiger partial charge in [0, 0.05) is 5.56 Å². The van der Waals surface area contributed by atoms with Crippen LogP contribution in [0.5, 0.6) is 5.75 Å². The normalized spacial score (nSPS) is 10.8. The highest BCUT2D eigenvalue weighted by Crippen LogP contribution is 2.31. The Bertz CT molecular complexity index is 1060. The smallest absolute Gasteiger partial charge is 0.182 e. The Hall–Kier alpha value is -3.40. The maximum Gasteiger partial charge on any atom is 0.182 e. The quantitative estimate of drug-likeness (QED) is 0.575. The maximum absolute atomic E-state index is 10.3. The highest BCUT2D eigenvalue weighted by Gasteiger charge is 2.18. The van der Waals surface area contributed by atoms with Crippen LogP contribution in [0.15, 0.2) is 72.8 Å². The van der Waals surface area contributed by atoms with E-state index in [-0.39, 0.29) is 5.75 Å². The summed E-state index contributed by atoms with van der Waals surface area (Å²) in [6, 6.07) is 23.3. The second kappa shape index (κ2) is 6.48. The molecule has 0 amide bonds. The molecule has 0 saturated carbocycles. The van der Waals surface area contributed by atoms with E-state index in [4.69, 9.17) is 10.1 Å². The highest BCUT2D eigenvalue weighted by molar-refractivity contribution is 5.69. The van der Waals surface area contributed by atoms with Crippen LogP contribution in [-0.4, -0.2) is 19.9 Å². The fourth-order valence-corrected chi connectivity index (χ4v) is 2.95. The van der Waals surface area contributed by atoms with Crippen molar-refractivity contribution in [3.8, 4) is 34.2 Å². The fraction of sp³-hybridized carbons (Fsp3) is 0.0909. The number of aryl methyl sites for hydroxylation is 2. The van der Waals surface area contributed by atoms with E-state index in [1.54, 1.807) is 16.8 Å². The minimum atomic E-state index is 0.185. The molecule has 0 unspecified atom stereocenters. The van der Waals surface area contributed by atoms with E-state index in [1.165, 1.54) is 5.56 Å². The van der Waals surface area contributed by atoms with Gasteiger partial charge in [-0.25, -0.2) is 9.67 Å². The summed E-state index contributed by atoms with van der Waals surface area (Å²) in [6.45, 7) is 4.09. The van der Waals surface area contributed by atoms with Gasteiger partial charge in [0.2, 0.25) is 0 Å². The first kappa shape index (κ1) is 16.1. The first-order valence-corrected chi connectivity index (χ1v) is 8.52. The van der Waals surface area contributed by atoms with Crippen LogP contribution < -0.4 is 0 Å². The van der Waals surface area contributed by atoms with E-state index < -0.39 is 0 Å². The Labute approximate surface area is 152 Å². The number of phenolic OH excluding ortho intramolecular Hbond substituents is 1. The van der Waals surface area contributed by atoms with Gasteiger partial charge in [0.05, 0.1) is 11.3 Å². The molecule has 0 fully saturated rings. The summed E-state index contributed by atoms with van der Waals surface area (Å²) in [7, 11) is 0. The molecule has 26 heavy (non-hydrogen) atoms. The van der Waals surface area contributed by atoms with Crippen LogP contribution in [0.2, 0.25) is 0 Å². The molecule has 4 aromatic rings. The number of nitrogens with zero attached hydrogens (tertiary/aromatic N) is 3. The van der Waals surface area contributed by atoms with Gasteiger partial charge in [-0.2, -0.15) is 0 Å². The second-order valence-corrected chi connectivity index (χ2v) is 6.34. The van der Waals surface area contributed by atoms with Gasteiger partial charge >= 0.3 is 0 Å². The van der Waals surface area contributed by atoms with Crippen molar-refractivity contribution in [2.45, 2.75) is 13.8 Å². The Morgan fingerprint density at radius 1 is 0.769 bits per heavy atom. The van der Waals surface area contributed by atoms with Crippen molar-refractivity contribution in [2.75, 3.05) is 0 Å². The molecule has 0 atom stereocenters. The SMILES string of the molecule is Cc1ccc(-n2nc(-c3ccccc3C)nc2-c2ccccc2O)cc1. The summed E-state index contributed by atoms with van der Waals surface area (Å²) >= 11 is 0. The van der Waals surface area contributed by atoms with Crippen molar-refractivity contribution < 1.29 is 5.11 Å². The van der Waals surface area contributed by atoms with Crippen LogP contribution in [0.25, 0.3) is 28.5 Å². The zero-order chi connectivity index (χ0) is 18.1. The molecule has 0 aliphatic rings. The molecule has 4 heteroatoms. The van der Waals surface area contributed by atoms with Gasteiger partial charge in [0.25, 0.3) is 0 Å². The molecule has 1 N–H and O–H groups in total. The minimum absolute atomic E-state index is 0.185. The molecule has 4 nitrogen and oxygen atoms in total. The fourth-order valence-electron chi connectivity index (χ4n) is 2.95. The average molecular weight is 341 g/mol. The lowest BCUT2D eigenvalue weighted by Crippen LogP contribution is -2.00. The van der Waals surface area contributed by atoms with Crippen LogP contribution in [0.4, 0.5) is 0 Å². The van der Waals surface area contributed by atoms with E-state index in [1.807, 2.05) is 74.5 Å². The molecule has 4 rings (SSSR count). The molecule has 0 bridgehead atoms. The zero-order valence-electron chi connectivity index (χ0n) is 14.7. The van der Waals surface area contributed by atoms with Crippen molar-refractivity contribution in [3.05, 3.63) is 83.9 Å². The predicted octanol–water partition coefficient (Wildman–Crippen LogP) is 4.92. The first-order valence-electron chi connectivity index (χ1n) is 8.52. The third kappa shape index (κ3) is 2.86. The predicted molar refractivity (Wildman–Crippen MR) is 103 cm³/mol. The Balaban J connectivity index is 1.95. The first-order chi connectivity index (χ1) is 12.6. The topological polar surface area (TPSA) is 50.9 Å². The molecule has 0 aliphatic carbocycles. The van der Waals surface area contributed by atoms with Crippen molar-refractivity contribution in [1.29, 1.82) is 0 Å². The molecule has 0 spiro atoms. The van der Waals surface area contributed by atoms with Crippen molar-refractivity contribution >= 4 is 0 Å². The molecule has 1 aromatic heterocycles. The molecule has 1 heterocycles. The van der Waals surface area contributed by atoms with E-state index in [0.717, 1.165) is 16.8 Å². The van der Waals surface area contributed by atoms with Crippen molar-refractivity contribution in [3.63, 3.8) is 0 Å². The van der Waals surface area contributed by atoms with E-state index in [0.29, 0.717) is 17.2 Å². The zero-order valence-corrected chi connectivity index (χ0v) is 14.7. The van der Waals surface area contributed by atoms with Crippen LogP contribution in [0.1, 0.15) is 11.1 Å². The summed E-state index contributed by atoms with van der Waals surface area (Å²) in [6.07, 6.45) is 0. The monoisotopic (exact) mass is 341 g/mol. The number of aromatic nitrogens is 3. The van der Waals surface area contributed by atoms with Gasteiger partial charge in [-0.05, 0) is 43.7 Å². The van der Waals surface area contributed by atoms with Crippen molar-refractivity contribution in [2.24, 2.45) is 0 Å². The third-order valence-electron chi connectivity index (χ3n) is 4.42. The van der Waals surface area contributed by atoms with Gasteiger partial charge in [-0.3, -0.25) is 0 Å². The molecule has 0 radical (unpaired) electrons. The average Bonchev–Trinajstić information content (AvgIpc) is 3.08. The largest absolute Gasteiger partial charge is 0.507 e. The van der Waals surface area contributed by atoms with E-state index in [2.05, 4.69) is 0 Å². The number of benzene rings is 3. The van der Waals surface area contributed by atoms with Gasteiger partial charge in [-0.1, -0.05) is 54.1 Å². The maximum atomic E-state index is 10.3. The number of hydrogen-bond acceptors (Lipinski definition) is 3. The van der Waals surface area contributed by atoms with Crippen LogP contribution >= 0.6 is 0 Å². The number of hydrogen-bond donors (Lipinski definition) is 1. The van der Waals surface area contributed by atoms with Crippen molar-refractivity contribution in [1.82, 2.24) is 14.8 Å². The van der Waals surface area contributed by atoms with Gasteiger partial charge in [-0.15, -0.1) is 5.10 Å². The number of aromatic hydroxyl groups is 1. The van der Waals surface area contributed by atoms with E-state index >= 15 is 0 Å². The summed E-state index contributed by atoms with van der Waals surface area (Å²) in [5.41, 5.74) is 4.83. The number of phenols is 1. The Kier molecular flexibility index (Phi) is 4.01. The lowest BCUT2D eigenvalue weighted by atomic mass is 10.1. The summed E-state index contributed by atoms with van der Waals surface area (Å²) < 4.78 is 1.79.